The number of aromatic nitrogens is 2. The lowest BCUT2D eigenvalue weighted by Gasteiger charge is -2.27. The second-order valence-electron chi connectivity index (χ2n) is 8.61. The summed E-state index contributed by atoms with van der Waals surface area (Å²) in [5.41, 5.74) is -0.707. The lowest BCUT2D eigenvalue weighted by atomic mass is 10.2. The van der Waals surface area contributed by atoms with Gasteiger partial charge in [-0.3, -0.25) is 14.2 Å². The number of benzene rings is 2. The highest BCUT2D eigenvalue weighted by Gasteiger charge is 2.37. The number of carbonyl (C=O) groups is 1. The Morgan fingerprint density at radius 1 is 1.11 bits per heavy atom. The molecule has 3 aromatic rings. The van der Waals surface area contributed by atoms with Gasteiger partial charge in [-0.2, -0.15) is 0 Å². The van der Waals surface area contributed by atoms with E-state index in [1.54, 1.807) is 24.3 Å². The third-order valence-electron chi connectivity index (χ3n) is 5.70. The van der Waals surface area contributed by atoms with Gasteiger partial charge in [0.15, 0.2) is 0 Å². The van der Waals surface area contributed by atoms with Gasteiger partial charge in [0.05, 0.1) is 0 Å². The number of hydrogen-bond acceptors (Lipinski definition) is 7. The van der Waals surface area contributed by atoms with Crippen LogP contribution in [0.5, 0.6) is 11.5 Å². The fourth-order valence-corrected chi connectivity index (χ4v) is 3.94. The van der Waals surface area contributed by atoms with Crippen LogP contribution in [-0.4, -0.2) is 46.8 Å². The molecular formula is C24H23ClF3N5O5. The molecule has 1 N–H and O–H groups in total. The van der Waals surface area contributed by atoms with Gasteiger partial charge >= 0.3 is 12.1 Å². The number of nitrogens with one attached hydrogen (secondary N) is 1. The zero-order valence-corrected chi connectivity index (χ0v) is 21.2. The SMILES string of the molecule is CN(C)C(=O)Cn1c(=O)c2c(n(C)c1=O)NC(Oc1cccc(OC(F)(F)F)c1)N2Cc1ccc(Cl)cc1. The minimum atomic E-state index is -4.89. The van der Waals surface area contributed by atoms with Crippen LogP contribution in [0.2, 0.25) is 5.02 Å². The van der Waals surface area contributed by atoms with Gasteiger partial charge in [0.1, 0.15) is 29.5 Å². The van der Waals surface area contributed by atoms with Gasteiger partial charge in [0.25, 0.3) is 11.9 Å². The number of anilines is 2. The van der Waals surface area contributed by atoms with Crippen molar-refractivity contribution in [3.63, 3.8) is 0 Å². The maximum atomic E-state index is 13.5. The Kier molecular flexibility index (Phi) is 7.31. The molecule has 1 aliphatic heterocycles. The van der Waals surface area contributed by atoms with Gasteiger partial charge < -0.3 is 24.6 Å². The molecule has 38 heavy (non-hydrogen) atoms. The number of hydrogen-bond donors (Lipinski definition) is 1. The first-order valence-electron chi connectivity index (χ1n) is 11.2. The third-order valence-corrected chi connectivity index (χ3v) is 5.95. The average Bonchev–Trinajstić information content (AvgIpc) is 3.18. The van der Waals surface area contributed by atoms with Gasteiger partial charge in [0.2, 0.25) is 5.91 Å². The number of nitrogens with zero attached hydrogens (tertiary/aromatic N) is 4. The summed E-state index contributed by atoms with van der Waals surface area (Å²) in [4.78, 5) is 41.6. The van der Waals surface area contributed by atoms with Crippen molar-refractivity contribution >= 4 is 29.0 Å². The third kappa shape index (κ3) is 5.72. The van der Waals surface area contributed by atoms with Gasteiger partial charge in [0, 0.05) is 38.8 Å². The molecule has 0 spiro atoms. The fraction of sp³-hybridized carbons (Fsp3) is 0.292. The Morgan fingerprint density at radius 2 is 1.76 bits per heavy atom. The molecule has 2 aromatic carbocycles. The van der Waals surface area contributed by atoms with Crippen LogP contribution in [0.3, 0.4) is 0 Å². The van der Waals surface area contributed by atoms with E-state index >= 15 is 0 Å². The maximum Gasteiger partial charge on any atom is 0.573 e. The molecular weight excluding hydrogens is 531 g/mol. The monoisotopic (exact) mass is 553 g/mol. The van der Waals surface area contributed by atoms with Crippen LogP contribution in [0.15, 0.2) is 58.1 Å². The second-order valence-corrected chi connectivity index (χ2v) is 9.05. The number of fused-ring (bicyclic) bond motifs is 1. The highest BCUT2D eigenvalue weighted by molar-refractivity contribution is 6.30. The smallest absolute Gasteiger partial charge is 0.452 e. The van der Waals surface area contributed by atoms with E-state index < -0.39 is 42.2 Å². The summed E-state index contributed by atoms with van der Waals surface area (Å²) < 4.78 is 50.0. The maximum absolute atomic E-state index is 13.5. The van der Waals surface area contributed by atoms with Gasteiger partial charge in [-0.15, -0.1) is 13.2 Å². The van der Waals surface area contributed by atoms with Crippen molar-refractivity contribution in [3.05, 3.63) is 80.0 Å². The molecule has 202 valence electrons. The topological polar surface area (TPSA) is 98.0 Å². The van der Waals surface area contributed by atoms with E-state index in [1.807, 2.05) is 0 Å². The molecule has 1 aromatic heterocycles. The van der Waals surface area contributed by atoms with Gasteiger partial charge in [-0.25, -0.2) is 9.36 Å². The highest BCUT2D eigenvalue weighted by atomic mass is 35.5. The van der Waals surface area contributed by atoms with Gasteiger partial charge in [-0.1, -0.05) is 29.8 Å². The molecule has 1 atom stereocenters. The lowest BCUT2D eigenvalue weighted by molar-refractivity contribution is -0.274. The minimum absolute atomic E-state index is 0.00581. The summed E-state index contributed by atoms with van der Waals surface area (Å²) in [6.07, 6.45) is -6.01. The summed E-state index contributed by atoms with van der Waals surface area (Å²) >= 11 is 5.99. The molecule has 0 aliphatic carbocycles. The van der Waals surface area contributed by atoms with E-state index in [-0.39, 0.29) is 23.8 Å². The van der Waals surface area contributed by atoms with Crippen molar-refractivity contribution in [3.8, 4) is 11.5 Å². The molecule has 2 heterocycles. The molecule has 4 rings (SSSR count). The summed E-state index contributed by atoms with van der Waals surface area (Å²) in [5.74, 6) is -0.832. The molecule has 1 amide bonds. The van der Waals surface area contributed by atoms with E-state index in [0.29, 0.717) is 5.02 Å². The molecule has 10 nitrogen and oxygen atoms in total. The van der Waals surface area contributed by atoms with Crippen LogP contribution in [0.1, 0.15) is 5.56 Å². The molecule has 0 saturated heterocycles. The first-order valence-corrected chi connectivity index (χ1v) is 11.6. The molecule has 1 aliphatic rings. The van der Waals surface area contributed by atoms with Crippen LogP contribution >= 0.6 is 11.6 Å². The summed E-state index contributed by atoms with van der Waals surface area (Å²) in [6, 6.07) is 11.7. The number of amides is 1. The largest absolute Gasteiger partial charge is 0.573 e. The van der Waals surface area contributed by atoms with Crippen molar-refractivity contribution in [2.75, 3.05) is 24.3 Å². The Hall–Kier alpha value is -4.13. The Morgan fingerprint density at radius 3 is 2.39 bits per heavy atom. The summed E-state index contributed by atoms with van der Waals surface area (Å²) in [5, 5.41) is 3.45. The Bertz CT molecular complexity index is 1470. The van der Waals surface area contributed by atoms with Gasteiger partial charge in [-0.05, 0) is 29.8 Å². The molecule has 0 saturated carbocycles. The van der Waals surface area contributed by atoms with E-state index in [2.05, 4.69) is 10.1 Å². The predicted molar refractivity (Wildman–Crippen MR) is 133 cm³/mol. The first kappa shape index (κ1) is 26.9. The standard InChI is InChI=1S/C24H23ClF3N5O5/c1-30(2)18(34)13-33-21(35)19-20(31(3)23(33)36)29-22(32(19)12-14-7-9-15(25)10-8-14)37-16-5-4-6-17(11-16)38-24(26,27)28/h4-11,22,29H,12-13H2,1-3H3. The quantitative estimate of drug-likeness (QED) is 0.480. The van der Waals surface area contributed by atoms with Crippen LogP contribution in [0, 0.1) is 0 Å². The zero-order valence-electron chi connectivity index (χ0n) is 20.5. The number of carbonyl (C=O) groups excluding carboxylic acids is 1. The number of alkyl halides is 3. The van der Waals surface area contributed by atoms with Crippen LogP contribution in [-0.2, 0) is 24.9 Å². The van der Waals surface area contributed by atoms with E-state index in [9.17, 15) is 27.6 Å². The summed E-state index contributed by atoms with van der Waals surface area (Å²) in [7, 11) is 4.42. The van der Waals surface area contributed by atoms with Crippen LogP contribution < -0.4 is 30.9 Å². The van der Waals surface area contributed by atoms with E-state index in [1.165, 1.54) is 47.6 Å². The minimum Gasteiger partial charge on any atom is -0.452 e. The fourth-order valence-electron chi connectivity index (χ4n) is 3.82. The lowest BCUT2D eigenvalue weighted by Crippen LogP contribution is -2.45. The Balaban J connectivity index is 1.76. The van der Waals surface area contributed by atoms with Crippen molar-refractivity contribution < 1.29 is 27.4 Å². The van der Waals surface area contributed by atoms with Crippen molar-refractivity contribution in [1.29, 1.82) is 0 Å². The first-order chi connectivity index (χ1) is 17.8. The second kappa shape index (κ2) is 10.3. The predicted octanol–water partition coefficient (Wildman–Crippen LogP) is 2.98. The van der Waals surface area contributed by atoms with Crippen LogP contribution in [0.25, 0.3) is 0 Å². The van der Waals surface area contributed by atoms with Crippen molar-refractivity contribution in [2.45, 2.75) is 25.8 Å². The molecule has 0 radical (unpaired) electrons. The van der Waals surface area contributed by atoms with E-state index in [4.69, 9.17) is 16.3 Å². The zero-order chi connectivity index (χ0) is 27.8. The highest BCUT2D eigenvalue weighted by Crippen LogP contribution is 2.34. The number of likely N-dealkylation sites (N-methyl/N-ethyl adjacent to an activating group) is 1. The number of halogens is 4. The average molecular weight is 554 g/mol. The normalized spacial score (nSPS) is 14.6. The number of rotatable bonds is 7. The molecule has 1 unspecified atom stereocenters. The van der Waals surface area contributed by atoms with E-state index in [0.717, 1.165) is 22.3 Å². The molecule has 14 heteroatoms. The van der Waals surface area contributed by atoms with Crippen molar-refractivity contribution in [2.24, 2.45) is 7.05 Å². The molecule has 0 fully saturated rings. The summed E-state index contributed by atoms with van der Waals surface area (Å²) in [6.45, 7) is -0.390. The van der Waals surface area contributed by atoms with Crippen LogP contribution in [0.4, 0.5) is 24.7 Å². The Labute approximate surface area is 219 Å². The molecule has 0 bridgehead atoms. The van der Waals surface area contributed by atoms with Crippen molar-refractivity contribution in [1.82, 2.24) is 14.0 Å². The number of ether oxygens (including phenoxy) is 2.